The molecular weight excluding hydrogens is 210 g/mol. The molecule has 0 aliphatic rings. The van der Waals surface area contributed by atoms with Crippen LogP contribution in [0.25, 0.3) is 0 Å². The summed E-state index contributed by atoms with van der Waals surface area (Å²) in [6, 6.07) is 0. The van der Waals surface area contributed by atoms with Crippen molar-refractivity contribution in [3.8, 4) is 0 Å². The number of hydrogen-bond acceptors (Lipinski definition) is 5. The maximum atomic E-state index is 5.55. The van der Waals surface area contributed by atoms with Crippen LogP contribution >= 0.6 is 11.3 Å². The van der Waals surface area contributed by atoms with Gasteiger partial charge in [0.1, 0.15) is 0 Å². The van der Waals surface area contributed by atoms with Gasteiger partial charge in [-0.05, 0) is 13.8 Å². The molecule has 0 spiro atoms. The van der Waals surface area contributed by atoms with Gasteiger partial charge < -0.3 is 15.4 Å². The Balaban J connectivity index is 2.49. The third kappa shape index (κ3) is 3.77. The van der Waals surface area contributed by atoms with Crippen LogP contribution in [0, 0.1) is 0 Å². The Kier molecular flexibility index (Phi) is 5.60. The summed E-state index contributed by atoms with van der Waals surface area (Å²) < 4.78 is 5.33. The van der Waals surface area contributed by atoms with Crippen LogP contribution < -0.4 is 10.6 Å². The number of ether oxygens (including phenoxy) is 1. The van der Waals surface area contributed by atoms with Crippen molar-refractivity contribution < 1.29 is 4.74 Å². The minimum Gasteiger partial charge on any atom is -0.380 e. The van der Waals surface area contributed by atoms with E-state index in [1.54, 1.807) is 11.3 Å². The van der Waals surface area contributed by atoms with Gasteiger partial charge in [0.05, 0.1) is 6.61 Å². The molecule has 0 saturated carbocycles. The Morgan fingerprint density at radius 2 is 2.33 bits per heavy atom. The van der Waals surface area contributed by atoms with E-state index in [0.717, 1.165) is 36.3 Å². The lowest BCUT2D eigenvalue weighted by Gasteiger charge is -2.19. The van der Waals surface area contributed by atoms with E-state index in [9.17, 15) is 0 Å². The maximum Gasteiger partial charge on any atom is 0.185 e. The molecule has 0 saturated heterocycles. The predicted molar refractivity (Wildman–Crippen MR) is 64.4 cm³/mol. The van der Waals surface area contributed by atoms with E-state index in [-0.39, 0.29) is 0 Å². The molecule has 0 aromatic carbocycles. The molecular formula is C10H19N3OS. The van der Waals surface area contributed by atoms with Crippen molar-refractivity contribution in [1.29, 1.82) is 0 Å². The molecule has 0 aliphatic heterocycles. The summed E-state index contributed by atoms with van der Waals surface area (Å²) in [7, 11) is 0. The van der Waals surface area contributed by atoms with Crippen LogP contribution in [0.5, 0.6) is 0 Å². The smallest absolute Gasteiger partial charge is 0.185 e. The van der Waals surface area contributed by atoms with Crippen molar-refractivity contribution >= 4 is 16.5 Å². The summed E-state index contributed by atoms with van der Waals surface area (Å²) in [6.07, 6.45) is 1.85. The molecule has 0 aliphatic carbocycles. The zero-order valence-electron chi connectivity index (χ0n) is 9.40. The molecule has 0 fully saturated rings. The average molecular weight is 229 g/mol. The highest BCUT2D eigenvalue weighted by Gasteiger charge is 2.08. The van der Waals surface area contributed by atoms with Gasteiger partial charge in [0, 0.05) is 37.3 Å². The van der Waals surface area contributed by atoms with E-state index in [1.165, 1.54) is 0 Å². The number of rotatable bonds is 7. The fourth-order valence-corrected chi connectivity index (χ4v) is 2.12. The quantitative estimate of drug-likeness (QED) is 0.719. The topological polar surface area (TPSA) is 51.4 Å². The van der Waals surface area contributed by atoms with Gasteiger partial charge in [0.25, 0.3) is 0 Å². The summed E-state index contributed by atoms with van der Waals surface area (Å²) in [5.41, 5.74) is 5.55. The summed E-state index contributed by atoms with van der Waals surface area (Å²) in [6.45, 7) is 8.06. The zero-order chi connectivity index (χ0) is 11.1. The molecule has 0 unspecified atom stereocenters. The largest absolute Gasteiger partial charge is 0.380 e. The number of nitrogens with two attached hydrogens (primary N) is 1. The van der Waals surface area contributed by atoms with Gasteiger partial charge in [0.2, 0.25) is 0 Å². The van der Waals surface area contributed by atoms with Crippen molar-refractivity contribution in [2.24, 2.45) is 5.73 Å². The minimum atomic E-state index is 0.570. The number of likely N-dealkylation sites (N-methyl/N-ethyl adjacent to an activating group) is 1. The fourth-order valence-electron chi connectivity index (χ4n) is 1.25. The van der Waals surface area contributed by atoms with E-state index in [4.69, 9.17) is 10.5 Å². The van der Waals surface area contributed by atoms with Gasteiger partial charge in [-0.15, -0.1) is 11.3 Å². The molecule has 1 heterocycles. The molecule has 1 rings (SSSR count). The van der Waals surface area contributed by atoms with Gasteiger partial charge in [-0.1, -0.05) is 0 Å². The van der Waals surface area contributed by atoms with Crippen LogP contribution in [0.3, 0.4) is 0 Å². The van der Waals surface area contributed by atoms with Crippen molar-refractivity contribution in [3.63, 3.8) is 0 Å². The third-order valence-electron chi connectivity index (χ3n) is 2.10. The third-order valence-corrected chi connectivity index (χ3v) is 3.18. The summed E-state index contributed by atoms with van der Waals surface area (Å²) in [5, 5.41) is 1.04. The first-order valence-corrected chi connectivity index (χ1v) is 6.10. The SMILES string of the molecule is CCOCCN(CC)c1ncc(CN)s1. The first kappa shape index (κ1) is 12.4. The van der Waals surface area contributed by atoms with Gasteiger partial charge >= 0.3 is 0 Å². The number of thiazole rings is 1. The van der Waals surface area contributed by atoms with Gasteiger partial charge in [-0.3, -0.25) is 0 Å². The fraction of sp³-hybridized carbons (Fsp3) is 0.700. The van der Waals surface area contributed by atoms with Crippen LogP contribution in [0.1, 0.15) is 18.7 Å². The van der Waals surface area contributed by atoms with Gasteiger partial charge in [-0.25, -0.2) is 4.98 Å². The molecule has 1 aromatic rings. The number of anilines is 1. The molecule has 0 atom stereocenters. The molecule has 4 nitrogen and oxygen atoms in total. The minimum absolute atomic E-state index is 0.570. The van der Waals surface area contributed by atoms with Crippen molar-refractivity contribution in [3.05, 3.63) is 11.1 Å². The Hall–Kier alpha value is -0.650. The Labute approximate surface area is 95.1 Å². The highest BCUT2D eigenvalue weighted by molar-refractivity contribution is 7.15. The van der Waals surface area contributed by atoms with E-state index >= 15 is 0 Å². The van der Waals surface area contributed by atoms with Crippen molar-refractivity contribution in [2.75, 3.05) is 31.2 Å². The van der Waals surface area contributed by atoms with E-state index < -0.39 is 0 Å². The summed E-state index contributed by atoms with van der Waals surface area (Å²) >= 11 is 1.66. The van der Waals surface area contributed by atoms with Crippen molar-refractivity contribution in [2.45, 2.75) is 20.4 Å². The van der Waals surface area contributed by atoms with Crippen LogP contribution in [0.2, 0.25) is 0 Å². The first-order chi connectivity index (χ1) is 7.31. The second-order valence-corrected chi connectivity index (χ2v) is 4.18. The highest BCUT2D eigenvalue weighted by atomic mass is 32.1. The van der Waals surface area contributed by atoms with Gasteiger partial charge in [0.15, 0.2) is 5.13 Å². The lowest BCUT2D eigenvalue weighted by Crippen LogP contribution is -2.26. The van der Waals surface area contributed by atoms with E-state index in [2.05, 4.69) is 16.8 Å². The second-order valence-electron chi connectivity index (χ2n) is 3.09. The second kappa shape index (κ2) is 6.76. The number of nitrogens with zero attached hydrogens (tertiary/aromatic N) is 2. The molecule has 2 N–H and O–H groups in total. The van der Waals surface area contributed by atoms with Crippen molar-refractivity contribution in [1.82, 2.24) is 4.98 Å². The molecule has 0 bridgehead atoms. The molecule has 1 aromatic heterocycles. The van der Waals surface area contributed by atoms with E-state index in [1.807, 2.05) is 13.1 Å². The molecule has 0 amide bonds. The molecule has 5 heteroatoms. The maximum absolute atomic E-state index is 5.55. The predicted octanol–water partition coefficient (Wildman–Crippen LogP) is 1.46. The molecule has 0 radical (unpaired) electrons. The summed E-state index contributed by atoms with van der Waals surface area (Å²) in [5.74, 6) is 0. The number of hydrogen-bond donors (Lipinski definition) is 1. The Bertz CT molecular complexity index is 277. The molecule has 86 valence electrons. The van der Waals surface area contributed by atoms with Crippen LogP contribution in [-0.4, -0.2) is 31.3 Å². The Morgan fingerprint density at radius 3 is 2.87 bits per heavy atom. The van der Waals surface area contributed by atoms with Crippen LogP contribution in [0.4, 0.5) is 5.13 Å². The summed E-state index contributed by atoms with van der Waals surface area (Å²) in [4.78, 5) is 7.68. The highest BCUT2D eigenvalue weighted by Crippen LogP contribution is 2.21. The number of aromatic nitrogens is 1. The van der Waals surface area contributed by atoms with Gasteiger partial charge in [-0.2, -0.15) is 0 Å². The molecule has 15 heavy (non-hydrogen) atoms. The first-order valence-electron chi connectivity index (χ1n) is 5.29. The lowest BCUT2D eigenvalue weighted by molar-refractivity contribution is 0.154. The standard InChI is InChI=1S/C10H19N3OS/c1-3-13(5-6-14-4-2)10-12-8-9(7-11)15-10/h8H,3-7,11H2,1-2H3. The lowest BCUT2D eigenvalue weighted by atomic mass is 10.5. The average Bonchev–Trinajstić information content (AvgIpc) is 2.73. The van der Waals surface area contributed by atoms with Crippen LogP contribution in [0.15, 0.2) is 6.20 Å². The zero-order valence-corrected chi connectivity index (χ0v) is 10.2. The van der Waals surface area contributed by atoms with Crippen LogP contribution in [-0.2, 0) is 11.3 Å². The van der Waals surface area contributed by atoms with E-state index in [0.29, 0.717) is 6.54 Å². The Morgan fingerprint density at radius 1 is 1.53 bits per heavy atom. The monoisotopic (exact) mass is 229 g/mol. The normalized spacial score (nSPS) is 10.6.